The molecular formula is C23H27N5O2S. The van der Waals surface area contributed by atoms with Crippen molar-refractivity contribution in [3.63, 3.8) is 0 Å². The number of hydrogen-bond donors (Lipinski definition) is 2. The van der Waals surface area contributed by atoms with E-state index in [0.29, 0.717) is 5.16 Å². The van der Waals surface area contributed by atoms with Crippen molar-refractivity contribution in [2.24, 2.45) is 0 Å². The van der Waals surface area contributed by atoms with Crippen molar-refractivity contribution in [3.05, 3.63) is 65.0 Å². The van der Waals surface area contributed by atoms with E-state index in [1.165, 1.54) is 11.8 Å². The number of aryl methyl sites for hydroxylation is 4. The number of anilines is 1. The molecule has 31 heavy (non-hydrogen) atoms. The maximum atomic E-state index is 12.3. The minimum absolute atomic E-state index is 0.0832. The van der Waals surface area contributed by atoms with Gasteiger partial charge < -0.3 is 10.6 Å². The number of para-hydroxylation sites is 1. The zero-order valence-electron chi connectivity index (χ0n) is 18.2. The molecule has 2 N–H and O–H groups in total. The quantitative estimate of drug-likeness (QED) is 0.526. The van der Waals surface area contributed by atoms with Gasteiger partial charge in [-0.1, -0.05) is 49.0 Å². The second kappa shape index (κ2) is 10.3. The number of benzene rings is 2. The number of amides is 2. The van der Waals surface area contributed by atoms with Crippen molar-refractivity contribution in [1.29, 1.82) is 0 Å². The van der Waals surface area contributed by atoms with Gasteiger partial charge in [0.2, 0.25) is 11.8 Å². The van der Waals surface area contributed by atoms with Gasteiger partial charge in [-0.3, -0.25) is 14.2 Å². The second-order valence-corrected chi connectivity index (χ2v) is 8.22. The monoisotopic (exact) mass is 437 g/mol. The third-order valence-electron chi connectivity index (χ3n) is 4.85. The summed E-state index contributed by atoms with van der Waals surface area (Å²) in [5.74, 6) is 0.401. The minimum atomic E-state index is -0.256. The Bertz CT molecular complexity index is 1090. The predicted octanol–water partition coefficient (Wildman–Crippen LogP) is 3.60. The van der Waals surface area contributed by atoms with Gasteiger partial charge in [0, 0.05) is 5.69 Å². The molecular weight excluding hydrogens is 410 g/mol. The third-order valence-corrected chi connectivity index (χ3v) is 5.78. The highest BCUT2D eigenvalue weighted by Gasteiger charge is 2.15. The molecule has 7 nitrogen and oxygen atoms in total. The van der Waals surface area contributed by atoms with E-state index in [1.54, 1.807) is 0 Å². The Balaban J connectivity index is 1.57. The summed E-state index contributed by atoms with van der Waals surface area (Å²) in [4.78, 5) is 24.5. The fraction of sp³-hybridized carbons (Fsp3) is 0.304. The predicted molar refractivity (Wildman–Crippen MR) is 124 cm³/mol. The molecule has 0 radical (unpaired) electrons. The van der Waals surface area contributed by atoms with E-state index < -0.39 is 0 Å². The van der Waals surface area contributed by atoms with Crippen LogP contribution < -0.4 is 10.6 Å². The number of carbonyl (C=O) groups is 2. The average Bonchev–Trinajstić information content (AvgIpc) is 3.13. The molecule has 0 saturated heterocycles. The Morgan fingerprint density at radius 3 is 2.58 bits per heavy atom. The lowest BCUT2D eigenvalue weighted by atomic mass is 10.1. The minimum Gasteiger partial charge on any atom is -0.346 e. The largest absolute Gasteiger partial charge is 0.346 e. The summed E-state index contributed by atoms with van der Waals surface area (Å²) < 4.78 is 1.95. The van der Waals surface area contributed by atoms with Gasteiger partial charge in [-0.15, -0.1) is 10.2 Å². The van der Waals surface area contributed by atoms with Gasteiger partial charge in [-0.05, 0) is 56.0 Å². The van der Waals surface area contributed by atoms with Crippen molar-refractivity contribution in [3.8, 4) is 5.69 Å². The van der Waals surface area contributed by atoms with Crippen LogP contribution in [-0.2, 0) is 16.0 Å². The molecule has 0 spiro atoms. The van der Waals surface area contributed by atoms with Crippen LogP contribution in [0.2, 0.25) is 0 Å². The number of nitrogens with zero attached hydrogens (tertiary/aromatic N) is 3. The molecule has 3 rings (SSSR count). The van der Waals surface area contributed by atoms with E-state index in [2.05, 4.69) is 39.0 Å². The summed E-state index contributed by atoms with van der Waals surface area (Å²) in [5, 5.41) is 14.6. The second-order valence-electron chi connectivity index (χ2n) is 7.28. The van der Waals surface area contributed by atoms with E-state index >= 15 is 0 Å². The SMILES string of the molecule is CCc1ccccc1NC(=O)CNC(=O)CSc1nnc(C)n1-c1cc(C)ccc1C. The van der Waals surface area contributed by atoms with Crippen LogP contribution in [0.25, 0.3) is 5.69 Å². The van der Waals surface area contributed by atoms with Crippen molar-refractivity contribution in [2.75, 3.05) is 17.6 Å². The van der Waals surface area contributed by atoms with E-state index in [-0.39, 0.29) is 24.1 Å². The molecule has 0 atom stereocenters. The van der Waals surface area contributed by atoms with Gasteiger partial charge in [0.15, 0.2) is 5.16 Å². The van der Waals surface area contributed by atoms with Crippen molar-refractivity contribution >= 4 is 29.3 Å². The van der Waals surface area contributed by atoms with Crippen LogP contribution in [0.3, 0.4) is 0 Å². The summed E-state index contributed by atoms with van der Waals surface area (Å²) >= 11 is 1.29. The Kier molecular flexibility index (Phi) is 7.46. The molecule has 162 valence electrons. The first-order valence-electron chi connectivity index (χ1n) is 10.2. The fourth-order valence-corrected chi connectivity index (χ4v) is 4.00. The van der Waals surface area contributed by atoms with E-state index in [0.717, 1.165) is 40.3 Å². The lowest BCUT2D eigenvalue weighted by Crippen LogP contribution is -2.34. The number of thioether (sulfide) groups is 1. The topological polar surface area (TPSA) is 88.9 Å². The Hall–Kier alpha value is -3.13. The molecule has 0 aliphatic carbocycles. The molecule has 0 saturated carbocycles. The number of aromatic nitrogens is 3. The van der Waals surface area contributed by atoms with E-state index in [4.69, 9.17) is 0 Å². The summed E-state index contributed by atoms with van der Waals surface area (Å²) in [6.45, 7) is 7.90. The van der Waals surface area contributed by atoms with Gasteiger partial charge in [0.1, 0.15) is 5.82 Å². The first kappa shape index (κ1) is 22.6. The zero-order chi connectivity index (χ0) is 22.4. The number of rotatable bonds is 8. The molecule has 2 aromatic carbocycles. The van der Waals surface area contributed by atoms with Gasteiger partial charge in [-0.25, -0.2) is 0 Å². The van der Waals surface area contributed by atoms with Crippen molar-refractivity contribution in [1.82, 2.24) is 20.1 Å². The highest BCUT2D eigenvalue weighted by Crippen LogP contribution is 2.24. The maximum Gasteiger partial charge on any atom is 0.243 e. The van der Waals surface area contributed by atoms with Crippen LogP contribution in [0.1, 0.15) is 29.4 Å². The van der Waals surface area contributed by atoms with Crippen LogP contribution in [-0.4, -0.2) is 38.9 Å². The Morgan fingerprint density at radius 2 is 1.81 bits per heavy atom. The van der Waals surface area contributed by atoms with Gasteiger partial charge in [0.25, 0.3) is 0 Å². The highest BCUT2D eigenvalue weighted by molar-refractivity contribution is 7.99. The molecule has 0 fully saturated rings. The Morgan fingerprint density at radius 1 is 1.03 bits per heavy atom. The molecule has 0 unspecified atom stereocenters. The van der Waals surface area contributed by atoms with Crippen molar-refractivity contribution in [2.45, 2.75) is 39.3 Å². The summed E-state index contributed by atoms with van der Waals surface area (Å²) in [5.41, 5.74) is 5.07. The first-order chi connectivity index (χ1) is 14.9. The maximum absolute atomic E-state index is 12.3. The molecule has 2 amide bonds. The van der Waals surface area contributed by atoms with Crippen LogP contribution in [0.5, 0.6) is 0 Å². The van der Waals surface area contributed by atoms with Gasteiger partial charge >= 0.3 is 0 Å². The number of hydrogen-bond acceptors (Lipinski definition) is 5. The van der Waals surface area contributed by atoms with Gasteiger partial charge in [-0.2, -0.15) is 0 Å². The molecule has 0 aliphatic heterocycles. The standard InChI is InChI=1S/C23H27N5O2S/c1-5-18-8-6-7-9-19(18)25-21(29)13-24-22(30)14-31-23-27-26-17(4)28(23)20-12-15(2)10-11-16(20)3/h6-12H,5,13-14H2,1-4H3,(H,24,30)(H,25,29). The lowest BCUT2D eigenvalue weighted by Gasteiger charge is -2.12. The van der Waals surface area contributed by atoms with Crippen LogP contribution >= 0.6 is 11.8 Å². The molecule has 1 aromatic heterocycles. The molecule has 1 heterocycles. The van der Waals surface area contributed by atoms with E-state index in [1.807, 2.05) is 56.5 Å². The lowest BCUT2D eigenvalue weighted by molar-refractivity contribution is -0.122. The summed E-state index contributed by atoms with van der Waals surface area (Å²) in [7, 11) is 0. The summed E-state index contributed by atoms with van der Waals surface area (Å²) in [6, 6.07) is 13.8. The Labute approximate surface area is 186 Å². The highest BCUT2D eigenvalue weighted by atomic mass is 32.2. The average molecular weight is 438 g/mol. The molecule has 8 heteroatoms. The molecule has 3 aromatic rings. The fourth-order valence-electron chi connectivity index (χ4n) is 3.18. The number of carbonyl (C=O) groups excluding carboxylic acids is 2. The third kappa shape index (κ3) is 5.73. The molecule has 0 bridgehead atoms. The van der Waals surface area contributed by atoms with Crippen molar-refractivity contribution < 1.29 is 9.59 Å². The van der Waals surface area contributed by atoms with E-state index in [9.17, 15) is 9.59 Å². The first-order valence-corrected chi connectivity index (χ1v) is 11.1. The smallest absolute Gasteiger partial charge is 0.243 e. The van der Waals surface area contributed by atoms with Crippen LogP contribution in [0.15, 0.2) is 47.6 Å². The molecule has 0 aliphatic rings. The summed E-state index contributed by atoms with van der Waals surface area (Å²) in [6.07, 6.45) is 0.819. The normalized spacial score (nSPS) is 10.7. The number of nitrogens with one attached hydrogen (secondary N) is 2. The van der Waals surface area contributed by atoms with Crippen LogP contribution in [0.4, 0.5) is 5.69 Å². The van der Waals surface area contributed by atoms with Crippen LogP contribution in [0, 0.1) is 20.8 Å². The van der Waals surface area contributed by atoms with Gasteiger partial charge in [0.05, 0.1) is 18.0 Å². The zero-order valence-corrected chi connectivity index (χ0v) is 19.0.